The maximum atomic E-state index is 13.4. The van der Waals surface area contributed by atoms with E-state index in [-0.39, 0.29) is 18.9 Å². The topological polar surface area (TPSA) is 69.6 Å². The van der Waals surface area contributed by atoms with Crippen molar-refractivity contribution in [2.75, 3.05) is 18.4 Å². The lowest BCUT2D eigenvalue weighted by molar-refractivity contribution is -0.138. The summed E-state index contributed by atoms with van der Waals surface area (Å²) in [5, 5.41) is 10.8. The van der Waals surface area contributed by atoms with Gasteiger partial charge in [-0.3, -0.25) is 4.79 Å². The van der Waals surface area contributed by atoms with Gasteiger partial charge in [0.15, 0.2) is 11.6 Å². The van der Waals surface area contributed by atoms with Crippen LogP contribution in [-0.4, -0.2) is 35.1 Å². The van der Waals surface area contributed by atoms with Gasteiger partial charge in [0.2, 0.25) is 0 Å². The average Bonchev–Trinajstić information content (AvgIpc) is 2.83. The molecule has 0 radical (unpaired) electrons. The summed E-state index contributed by atoms with van der Waals surface area (Å²) in [4.78, 5) is 23.8. The van der Waals surface area contributed by atoms with Gasteiger partial charge in [-0.25, -0.2) is 18.0 Å². The molecule has 1 fully saturated rings. The van der Waals surface area contributed by atoms with Crippen LogP contribution < -0.4 is 5.32 Å². The number of nitrogens with one attached hydrogen (secondary N) is 1. The summed E-state index contributed by atoms with van der Waals surface area (Å²) in [6.45, 7) is 0.554. The quantitative estimate of drug-likeness (QED) is 0.843. The van der Waals surface area contributed by atoms with Crippen molar-refractivity contribution >= 4 is 17.7 Å². The van der Waals surface area contributed by atoms with Crippen LogP contribution in [0.5, 0.6) is 0 Å². The van der Waals surface area contributed by atoms with Crippen molar-refractivity contribution in [1.82, 2.24) is 4.90 Å². The third-order valence-electron chi connectivity index (χ3n) is 3.29. The SMILES string of the molecule is O=C(O)CC1CCN(C(=O)Nc2cc(F)c(F)cc2F)C1. The van der Waals surface area contributed by atoms with Crippen LogP contribution in [0.15, 0.2) is 12.1 Å². The molecule has 1 aromatic rings. The van der Waals surface area contributed by atoms with Gasteiger partial charge in [0.1, 0.15) is 5.82 Å². The van der Waals surface area contributed by atoms with Crippen molar-refractivity contribution in [3.63, 3.8) is 0 Å². The van der Waals surface area contributed by atoms with E-state index in [9.17, 15) is 22.8 Å². The zero-order chi connectivity index (χ0) is 15.6. The molecule has 8 heteroatoms. The van der Waals surface area contributed by atoms with E-state index in [1.54, 1.807) is 0 Å². The number of hydrogen-bond acceptors (Lipinski definition) is 2. The molecule has 21 heavy (non-hydrogen) atoms. The highest BCUT2D eigenvalue weighted by Crippen LogP contribution is 2.22. The number of aliphatic carboxylic acids is 1. The Morgan fingerprint density at radius 1 is 1.24 bits per heavy atom. The summed E-state index contributed by atoms with van der Waals surface area (Å²) in [5.41, 5.74) is -0.458. The van der Waals surface area contributed by atoms with Crippen LogP contribution in [0.3, 0.4) is 0 Å². The third-order valence-corrected chi connectivity index (χ3v) is 3.29. The van der Waals surface area contributed by atoms with Gasteiger partial charge in [-0.05, 0) is 12.3 Å². The molecule has 2 rings (SSSR count). The summed E-state index contributed by atoms with van der Waals surface area (Å²) in [6, 6.07) is 0.239. The second-order valence-electron chi connectivity index (χ2n) is 4.87. The Balaban J connectivity index is 1.99. The molecular formula is C13H13F3N2O3. The minimum atomic E-state index is -1.34. The molecule has 1 aliphatic heterocycles. The third kappa shape index (κ3) is 3.65. The van der Waals surface area contributed by atoms with E-state index in [1.165, 1.54) is 4.90 Å². The fraction of sp³-hybridized carbons (Fsp3) is 0.385. The first kappa shape index (κ1) is 15.1. The minimum absolute atomic E-state index is 0.0523. The summed E-state index contributed by atoms with van der Waals surface area (Å²) >= 11 is 0. The fourth-order valence-electron chi connectivity index (χ4n) is 2.24. The Morgan fingerprint density at radius 3 is 2.57 bits per heavy atom. The molecule has 2 amide bonds. The van der Waals surface area contributed by atoms with Crippen LogP contribution in [0.1, 0.15) is 12.8 Å². The smallest absolute Gasteiger partial charge is 0.321 e. The summed E-state index contributed by atoms with van der Waals surface area (Å²) in [5.74, 6) is -4.80. The number of carboxylic acids is 1. The minimum Gasteiger partial charge on any atom is -0.481 e. The number of benzene rings is 1. The van der Waals surface area contributed by atoms with E-state index in [4.69, 9.17) is 5.11 Å². The molecule has 0 aliphatic carbocycles. The van der Waals surface area contributed by atoms with E-state index < -0.39 is 35.1 Å². The number of halogens is 3. The molecule has 0 spiro atoms. The van der Waals surface area contributed by atoms with Crippen LogP contribution in [0.4, 0.5) is 23.7 Å². The normalized spacial score (nSPS) is 17.9. The Bertz CT molecular complexity index is 580. The zero-order valence-electron chi connectivity index (χ0n) is 10.9. The van der Waals surface area contributed by atoms with Crippen molar-refractivity contribution in [2.24, 2.45) is 5.92 Å². The van der Waals surface area contributed by atoms with Gasteiger partial charge in [-0.15, -0.1) is 0 Å². The molecule has 0 aromatic heterocycles. The molecule has 2 N–H and O–H groups in total. The van der Waals surface area contributed by atoms with Gasteiger partial charge in [-0.1, -0.05) is 0 Å². The lowest BCUT2D eigenvalue weighted by Gasteiger charge is -2.17. The standard InChI is InChI=1S/C13H13F3N2O3/c14-8-4-10(16)11(5-9(8)15)17-13(21)18-2-1-7(6-18)3-12(19)20/h4-5,7H,1-3,6H2,(H,17,21)(H,19,20). The zero-order valence-corrected chi connectivity index (χ0v) is 10.9. The lowest BCUT2D eigenvalue weighted by atomic mass is 10.1. The highest BCUT2D eigenvalue weighted by atomic mass is 19.2. The number of amides is 2. The van der Waals surface area contributed by atoms with Gasteiger partial charge < -0.3 is 15.3 Å². The number of likely N-dealkylation sites (tertiary alicyclic amines) is 1. The summed E-state index contributed by atoms with van der Waals surface area (Å²) < 4.78 is 39.2. The maximum Gasteiger partial charge on any atom is 0.321 e. The van der Waals surface area contributed by atoms with Crippen molar-refractivity contribution in [1.29, 1.82) is 0 Å². The largest absolute Gasteiger partial charge is 0.481 e. The highest BCUT2D eigenvalue weighted by Gasteiger charge is 2.28. The van der Waals surface area contributed by atoms with Crippen LogP contribution in [0.25, 0.3) is 0 Å². The molecule has 1 unspecified atom stereocenters. The number of urea groups is 1. The number of rotatable bonds is 3. The van der Waals surface area contributed by atoms with Crippen molar-refractivity contribution in [2.45, 2.75) is 12.8 Å². The van der Waals surface area contributed by atoms with Gasteiger partial charge in [0.25, 0.3) is 0 Å². The number of carbonyl (C=O) groups is 2. The van der Waals surface area contributed by atoms with Crippen molar-refractivity contribution < 1.29 is 27.9 Å². The molecule has 0 saturated carbocycles. The molecule has 5 nitrogen and oxygen atoms in total. The van der Waals surface area contributed by atoms with Gasteiger partial charge >= 0.3 is 12.0 Å². The maximum absolute atomic E-state index is 13.4. The van der Waals surface area contributed by atoms with Gasteiger partial charge in [-0.2, -0.15) is 0 Å². The number of carboxylic acid groups (broad SMARTS) is 1. The summed E-state index contributed by atoms with van der Waals surface area (Å²) in [7, 11) is 0. The first-order valence-corrected chi connectivity index (χ1v) is 6.29. The van der Waals surface area contributed by atoms with Gasteiger partial charge in [0.05, 0.1) is 5.69 Å². The Labute approximate surface area is 118 Å². The van der Waals surface area contributed by atoms with E-state index >= 15 is 0 Å². The fourth-order valence-corrected chi connectivity index (χ4v) is 2.24. The average molecular weight is 302 g/mol. The number of anilines is 1. The second kappa shape index (κ2) is 6.02. The van der Waals surface area contributed by atoms with Crippen molar-refractivity contribution in [3.05, 3.63) is 29.6 Å². The molecule has 1 aromatic carbocycles. The Morgan fingerprint density at radius 2 is 1.90 bits per heavy atom. The molecule has 1 heterocycles. The van der Waals surface area contributed by atoms with Crippen molar-refractivity contribution in [3.8, 4) is 0 Å². The molecule has 1 atom stereocenters. The molecule has 1 saturated heterocycles. The second-order valence-corrected chi connectivity index (χ2v) is 4.87. The molecular weight excluding hydrogens is 289 g/mol. The van der Waals surface area contributed by atoms with Gasteiger partial charge in [0, 0.05) is 31.6 Å². The predicted molar refractivity (Wildman–Crippen MR) is 67.3 cm³/mol. The molecule has 1 aliphatic rings. The summed E-state index contributed by atoms with van der Waals surface area (Å²) in [6.07, 6.45) is 0.475. The number of hydrogen-bond donors (Lipinski definition) is 2. The van der Waals surface area contributed by atoms with Crippen LogP contribution in [0.2, 0.25) is 0 Å². The number of carbonyl (C=O) groups excluding carboxylic acids is 1. The Kier molecular flexibility index (Phi) is 4.35. The van der Waals surface area contributed by atoms with E-state index in [2.05, 4.69) is 5.32 Å². The monoisotopic (exact) mass is 302 g/mol. The van der Waals surface area contributed by atoms with E-state index in [1.807, 2.05) is 0 Å². The number of nitrogens with zero attached hydrogens (tertiary/aromatic N) is 1. The van der Waals surface area contributed by atoms with Crippen LogP contribution in [0, 0.1) is 23.4 Å². The van der Waals surface area contributed by atoms with Crippen LogP contribution >= 0.6 is 0 Å². The molecule has 0 bridgehead atoms. The predicted octanol–water partition coefficient (Wildman–Crippen LogP) is 2.43. The lowest BCUT2D eigenvalue weighted by Crippen LogP contribution is -2.33. The van der Waals surface area contributed by atoms with E-state index in [0.717, 1.165) is 0 Å². The first-order chi connectivity index (χ1) is 9.86. The molecule has 114 valence electrons. The Hall–Kier alpha value is -2.25. The highest BCUT2D eigenvalue weighted by molar-refractivity contribution is 5.89. The van der Waals surface area contributed by atoms with Crippen LogP contribution in [-0.2, 0) is 4.79 Å². The first-order valence-electron chi connectivity index (χ1n) is 6.29. The van der Waals surface area contributed by atoms with E-state index in [0.29, 0.717) is 25.1 Å².